The van der Waals surface area contributed by atoms with E-state index in [9.17, 15) is 9.59 Å². The summed E-state index contributed by atoms with van der Waals surface area (Å²) < 4.78 is 0. The average Bonchev–Trinajstić information content (AvgIpc) is 3.16. The zero-order valence-electron chi connectivity index (χ0n) is 13.2. The molecule has 4 N–H and O–H groups in total. The molecule has 1 heterocycles. The van der Waals surface area contributed by atoms with Crippen molar-refractivity contribution in [3.63, 3.8) is 0 Å². The number of hydroxylamine groups is 1. The molecule has 3 aromatic rings. The minimum absolute atomic E-state index is 0.0836. The van der Waals surface area contributed by atoms with E-state index in [2.05, 4.69) is 15.5 Å². The van der Waals surface area contributed by atoms with E-state index >= 15 is 0 Å². The molecule has 0 aliphatic carbocycles. The molecule has 0 bridgehead atoms. The van der Waals surface area contributed by atoms with Gasteiger partial charge in [0.2, 0.25) is 0 Å². The first kappa shape index (κ1) is 16.4. The van der Waals surface area contributed by atoms with Gasteiger partial charge in [0.25, 0.3) is 11.8 Å². The van der Waals surface area contributed by atoms with Gasteiger partial charge in [-0.05, 0) is 35.4 Å². The van der Waals surface area contributed by atoms with Crippen molar-refractivity contribution in [3.05, 3.63) is 77.5 Å². The third-order valence-electron chi connectivity index (χ3n) is 3.64. The molecule has 0 spiro atoms. The van der Waals surface area contributed by atoms with E-state index in [1.54, 1.807) is 12.1 Å². The SMILES string of the molecule is O=C(NCc1cccc(-c2cc(C(=O)NO)n[nH]2)c1)c1ccccc1. The van der Waals surface area contributed by atoms with Gasteiger partial charge in [0.05, 0.1) is 5.69 Å². The Morgan fingerprint density at radius 1 is 1.00 bits per heavy atom. The van der Waals surface area contributed by atoms with Crippen LogP contribution in [0.15, 0.2) is 60.7 Å². The zero-order valence-corrected chi connectivity index (χ0v) is 13.2. The summed E-state index contributed by atoms with van der Waals surface area (Å²) in [5.41, 5.74) is 4.58. The number of rotatable bonds is 5. The predicted octanol–water partition coefficient (Wildman–Crippen LogP) is 2.13. The zero-order chi connectivity index (χ0) is 17.6. The summed E-state index contributed by atoms with van der Waals surface area (Å²) in [6.07, 6.45) is 0. The van der Waals surface area contributed by atoms with E-state index in [4.69, 9.17) is 5.21 Å². The van der Waals surface area contributed by atoms with Crippen molar-refractivity contribution in [1.29, 1.82) is 0 Å². The minimum Gasteiger partial charge on any atom is -0.348 e. The van der Waals surface area contributed by atoms with Crippen molar-refractivity contribution < 1.29 is 14.8 Å². The van der Waals surface area contributed by atoms with Crippen LogP contribution in [0.1, 0.15) is 26.4 Å². The highest BCUT2D eigenvalue weighted by atomic mass is 16.5. The van der Waals surface area contributed by atoms with E-state index in [1.165, 1.54) is 11.5 Å². The number of amides is 2. The Balaban J connectivity index is 1.70. The molecule has 0 aliphatic heterocycles. The third kappa shape index (κ3) is 3.91. The smallest absolute Gasteiger partial charge is 0.295 e. The fourth-order valence-corrected chi connectivity index (χ4v) is 2.37. The van der Waals surface area contributed by atoms with Gasteiger partial charge in [0.1, 0.15) is 0 Å². The van der Waals surface area contributed by atoms with Gasteiger partial charge in [0.15, 0.2) is 5.69 Å². The van der Waals surface area contributed by atoms with Crippen molar-refractivity contribution in [2.75, 3.05) is 0 Å². The number of nitrogens with zero attached hydrogens (tertiary/aromatic N) is 1. The van der Waals surface area contributed by atoms with Gasteiger partial charge in [-0.3, -0.25) is 19.9 Å². The molecular weight excluding hydrogens is 320 g/mol. The molecule has 7 heteroatoms. The van der Waals surface area contributed by atoms with Crippen molar-refractivity contribution in [3.8, 4) is 11.3 Å². The molecule has 0 saturated carbocycles. The number of aromatic amines is 1. The lowest BCUT2D eigenvalue weighted by molar-refractivity contribution is 0.0700. The summed E-state index contributed by atoms with van der Waals surface area (Å²) in [5, 5.41) is 18.1. The average molecular weight is 336 g/mol. The normalized spacial score (nSPS) is 10.3. The summed E-state index contributed by atoms with van der Waals surface area (Å²) in [5.74, 6) is -0.830. The Morgan fingerprint density at radius 3 is 2.56 bits per heavy atom. The van der Waals surface area contributed by atoms with Crippen LogP contribution < -0.4 is 10.8 Å². The van der Waals surface area contributed by atoms with Gasteiger partial charge < -0.3 is 5.32 Å². The molecule has 1 aromatic heterocycles. The number of carbonyl (C=O) groups excluding carboxylic acids is 2. The summed E-state index contributed by atoms with van der Waals surface area (Å²) in [6, 6.07) is 18.0. The second-order valence-corrected chi connectivity index (χ2v) is 5.36. The Hall–Kier alpha value is -3.45. The summed E-state index contributed by atoms with van der Waals surface area (Å²) in [4.78, 5) is 23.4. The lowest BCUT2D eigenvalue weighted by Crippen LogP contribution is -2.22. The van der Waals surface area contributed by atoms with Crippen LogP contribution in [0.4, 0.5) is 0 Å². The maximum atomic E-state index is 12.1. The molecule has 2 amide bonds. The summed E-state index contributed by atoms with van der Waals surface area (Å²) in [6.45, 7) is 0.375. The molecule has 0 saturated heterocycles. The van der Waals surface area contributed by atoms with E-state index < -0.39 is 5.91 Å². The van der Waals surface area contributed by atoms with Crippen LogP contribution in [-0.2, 0) is 6.54 Å². The van der Waals surface area contributed by atoms with Gasteiger partial charge in [-0.15, -0.1) is 0 Å². The Morgan fingerprint density at radius 2 is 1.80 bits per heavy atom. The van der Waals surface area contributed by atoms with Gasteiger partial charge in [-0.2, -0.15) is 5.10 Å². The Labute approximate surface area is 143 Å². The van der Waals surface area contributed by atoms with Crippen molar-refractivity contribution in [1.82, 2.24) is 21.0 Å². The van der Waals surface area contributed by atoms with Gasteiger partial charge in [0, 0.05) is 12.1 Å². The topological polar surface area (TPSA) is 107 Å². The van der Waals surface area contributed by atoms with Crippen molar-refractivity contribution in [2.45, 2.75) is 6.54 Å². The molecule has 126 valence electrons. The largest absolute Gasteiger partial charge is 0.348 e. The van der Waals surface area contributed by atoms with Crippen LogP contribution >= 0.6 is 0 Å². The van der Waals surface area contributed by atoms with Crippen molar-refractivity contribution >= 4 is 11.8 Å². The standard InChI is InChI=1S/C18H16N4O3/c23-17(13-6-2-1-3-7-13)19-11-12-5-4-8-14(9-12)15-10-16(21-20-15)18(24)22-25/h1-10,25H,11H2,(H,19,23)(H,20,21)(H,22,24). The fraction of sp³-hybridized carbons (Fsp3) is 0.0556. The first-order chi connectivity index (χ1) is 12.2. The maximum absolute atomic E-state index is 12.1. The lowest BCUT2D eigenvalue weighted by Gasteiger charge is -2.07. The number of aromatic nitrogens is 2. The molecule has 0 radical (unpaired) electrons. The van der Waals surface area contributed by atoms with Crippen LogP contribution in [0, 0.1) is 0 Å². The van der Waals surface area contributed by atoms with Crippen molar-refractivity contribution in [2.24, 2.45) is 0 Å². The highest BCUT2D eigenvalue weighted by Crippen LogP contribution is 2.19. The van der Waals surface area contributed by atoms with Gasteiger partial charge in [-0.1, -0.05) is 36.4 Å². The first-order valence-electron chi connectivity index (χ1n) is 7.60. The number of hydrogen-bond acceptors (Lipinski definition) is 4. The number of H-pyrrole nitrogens is 1. The first-order valence-corrected chi connectivity index (χ1v) is 7.60. The van der Waals surface area contributed by atoms with Crippen LogP contribution in [0.2, 0.25) is 0 Å². The monoisotopic (exact) mass is 336 g/mol. The number of hydrogen-bond donors (Lipinski definition) is 4. The summed E-state index contributed by atoms with van der Waals surface area (Å²) in [7, 11) is 0. The fourth-order valence-electron chi connectivity index (χ4n) is 2.37. The minimum atomic E-state index is -0.686. The molecule has 0 aliphatic rings. The predicted molar refractivity (Wildman–Crippen MR) is 90.9 cm³/mol. The lowest BCUT2D eigenvalue weighted by atomic mass is 10.1. The Kier molecular flexibility index (Phi) is 4.87. The molecular formula is C18H16N4O3. The van der Waals surface area contributed by atoms with E-state index in [0.717, 1.165) is 11.1 Å². The number of carbonyl (C=O) groups is 2. The molecule has 0 unspecified atom stereocenters. The third-order valence-corrected chi connectivity index (χ3v) is 3.64. The highest BCUT2D eigenvalue weighted by molar-refractivity contribution is 5.94. The molecule has 7 nitrogen and oxygen atoms in total. The molecule has 3 rings (SSSR count). The van der Waals surface area contributed by atoms with Gasteiger partial charge >= 0.3 is 0 Å². The number of nitrogens with one attached hydrogen (secondary N) is 3. The van der Waals surface area contributed by atoms with Crippen LogP contribution in [0.25, 0.3) is 11.3 Å². The molecule has 0 fully saturated rings. The van der Waals surface area contributed by atoms with Crippen LogP contribution in [0.5, 0.6) is 0 Å². The van der Waals surface area contributed by atoms with E-state index in [1.807, 2.05) is 42.5 Å². The second-order valence-electron chi connectivity index (χ2n) is 5.36. The van der Waals surface area contributed by atoms with Gasteiger partial charge in [-0.25, -0.2) is 5.48 Å². The quantitative estimate of drug-likeness (QED) is 0.423. The molecule has 25 heavy (non-hydrogen) atoms. The Bertz CT molecular complexity index is 890. The summed E-state index contributed by atoms with van der Waals surface area (Å²) >= 11 is 0. The molecule has 2 aromatic carbocycles. The highest BCUT2D eigenvalue weighted by Gasteiger charge is 2.11. The molecule has 0 atom stereocenters. The number of benzene rings is 2. The van der Waals surface area contributed by atoms with E-state index in [0.29, 0.717) is 17.8 Å². The van der Waals surface area contributed by atoms with Crippen LogP contribution in [0.3, 0.4) is 0 Å². The maximum Gasteiger partial charge on any atom is 0.295 e. The van der Waals surface area contributed by atoms with Crippen LogP contribution in [-0.4, -0.2) is 27.2 Å². The van der Waals surface area contributed by atoms with E-state index in [-0.39, 0.29) is 11.6 Å². The second kappa shape index (κ2) is 7.41.